The molecule has 6 heteroatoms. The first kappa shape index (κ1) is 18.4. The second kappa shape index (κ2) is 7.31. The number of hydrogen-bond donors (Lipinski definition) is 1. The third-order valence-electron chi connectivity index (χ3n) is 5.64. The number of likely N-dealkylation sites (tertiary alicyclic amines) is 1. The maximum atomic E-state index is 13.4. The molecule has 6 nitrogen and oxygen atoms in total. The fraction of sp³-hybridized carbons (Fsp3) is 0.167. The van der Waals surface area contributed by atoms with Crippen molar-refractivity contribution in [3.63, 3.8) is 0 Å². The van der Waals surface area contributed by atoms with Crippen LogP contribution in [0.1, 0.15) is 17.2 Å². The molecule has 1 N–H and O–H groups in total. The Morgan fingerprint density at radius 2 is 1.43 bits per heavy atom. The maximum absolute atomic E-state index is 13.4. The molecule has 3 aromatic rings. The van der Waals surface area contributed by atoms with E-state index in [0.29, 0.717) is 0 Å². The van der Waals surface area contributed by atoms with Gasteiger partial charge in [0.1, 0.15) is 11.7 Å². The predicted octanol–water partition coefficient (Wildman–Crippen LogP) is 3.44. The highest BCUT2D eigenvalue weighted by Crippen LogP contribution is 2.47. The molecule has 0 saturated carbocycles. The van der Waals surface area contributed by atoms with Gasteiger partial charge in [0.15, 0.2) is 6.10 Å². The standard InChI is InChI=1S/C24H20N2O4/c27-19-13-11-17(12-14-19)21-20-22(30-26(21)18-9-5-2-6-10-18)24(29)25(23(20)28)15-16-7-3-1-4-8-16/h1-14,20-22,27H,15H2/t20-,21+,22+/m0/s1. The summed E-state index contributed by atoms with van der Waals surface area (Å²) < 4.78 is 0. The van der Waals surface area contributed by atoms with E-state index in [9.17, 15) is 14.7 Å². The van der Waals surface area contributed by atoms with E-state index in [1.165, 1.54) is 4.90 Å². The first-order valence-corrected chi connectivity index (χ1v) is 9.82. The van der Waals surface area contributed by atoms with E-state index in [0.717, 1.165) is 16.8 Å². The molecule has 2 aliphatic rings. The Hall–Kier alpha value is -3.64. The number of hydroxylamine groups is 1. The number of rotatable bonds is 4. The quantitative estimate of drug-likeness (QED) is 0.680. The van der Waals surface area contributed by atoms with E-state index in [2.05, 4.69) is 0 Å². The Morgan fingerprint density at radius 3 is 2.10 bits per heavy atom. The van der Waals surface area contributed by atoms with Crippen molar-refractivity contribution >= 4 is 17.5 Å². The van der Waals surface area contributed by atoms with Gasteiger partial charge in [-0.2, -0.15) is 0 Å². The Bertz CT molecular complexity index is 1070. The number of nitrogens with zero attached hydrogens (tertiary/aromatic N) is 2. The third-order valence-corrected chi connectivity index (χ3v) is 5.64. The topological polar surface area (TPSA) is 70.1 Å². The fourth-order valence-corrected chi connectivity index (χ4v) is 4.20. The van der Waals surface area contributed by atoms with Gasteiger partial charge in [0, 0.05) is 0 Å². The van der Waals surface area contributed by atoms with E-state index in [-0.39, 0.29) is 24.1 Å². The monoisotopic (exact) mass is 400 g/mol. The van der Waals surface area contributed by atoms with Gasteiger partial charge in [0.05, 0.1) is 18.3 Å². The zero-order valence-electron chi connectivity index (χ0n) is 16.1. The van der Waals surface area contributed by atoms with Gasteiger partial charge in [0.2, 0.25) is 5.91 Å². The van der Waals surface area contributed by atoms with Crippen LogP contribution in [0.25, 0.3) is 0 Å². The summed E-state index contributed by atoms with van der Waals surface area (Å²) in [7, 11) is 0. The number of para-hydroxylation sites is 1. The van der Waals surface area contributed by atoms with Gasteiger partial charge in [-0.3, -0.25) is 19.3 Å². The van der Waals surface area contributed by atoms with Gasteiger partial charge < -0.3 is 5.11 Å². The predicted molar refractivity (Wildman–Crippen MR) is 110 cm³/mol. The minimum Gasteiger partial charge on any atom is -0.508 e. The van der Waals surface area contributed by atoms with Crippen molar-refractivity contribution in [2.75, 3.05) is 5.06 Å². The van der Waals surface area contributed by atoms with Crippen LogP contribution in [0.5, 0.6) is 5.75 Å². The van der Waals surface area contributed by atoms with Crippen molar-refractivity contribution < 1.29 is 19.5 Å². The van der Waals surface area contributed by atoms with E-state index in [1.807, 2.05) is 60.7 Å². The number of amides is 2. The van der Waals surface area contributed by atoms with E-state index >= 15 is 0 Å². The number of hydrogen-bond acceptors (Lipinski definition) is 5. The SMILES string of the molecule is O=C1[C@H]2[C@@H](c3ccc(O)cc3)N(c3ccccc3)O[C@H]2C(=O)N1Cc1ccccc1. The molecule has 150 valence electrons. The summed E-state index contributed by atoms with van der Waals surface area (Å²) in [5.74, 6) is -1.09. The summed E-state index contributed by atoms with van der Waals surface area (Å²) >= 11 is 0. The van der Waals surface area contributed by atoms with Crippen molar-refractivity contribution in [1.82, 2.24) is 4.90 Å². The minimum atomic E-state index is -0.875. The molecule has 2 amide bonds. The molecular formula is C24H20N2O4. The van der Waals surface area contributed by atoms with Crippen LogP contribution in [-0.2, 0) is 21.0 Å². The zero-order valence-corrected chi connectivity index (χ0v) is 16.1. The Kier molecular flexibility index (Phi) is 4.48. The summed E-state index contributed by atoms with van der Waals surface area (Å²) in [4.78, 5) is 33.9. The maximum Gasteiger partial charge on any atom is 0.262 e. The van der Waals surface area contributed by atoms with Crippen LogP contribution in [0, 0.1) is 5.92 Å². The van der Waals surface area contributed by atoms with Crippen molar-refractivity contribution in [3.8, 4) is 5.75 Å². The van der Waals surface area contributed by atoms with Crippen molar-refractivity contribution in [2.45, 2.75) is 18.7 Å². The highest BCUT2D eigenvalue weighted by Gasteiger charge is 2.59. The molecule has 2 fully saturated rings. The van der Waals surface area contributed by atoms with Crippen LogP contribution in [0.3, 0.4) is 0 Å². The molecular weight excluding hydrogens is 380 g/mol. The summed E-state index contributed by atoms with van der Waals surface area (Å²) in [5, 5.41) is 11.3. The van der Waals surface area contributed by atoms with Gasteiger partial charge in [-0.15, -0.1) is 0 Å². The van der Waals surface area contributed by atoms with E-state index < -0.39 is 18.1 Å². The molecule has 0 bridgehead atoms. The van der Waals surface area contributed by atoms with Crippen molar-refractivity contribution in [2.24, 2.45) is 5.92 Å². The van der Waals surface area contributed by atoms with E-state index in [1.54, 1.807) is 29.3 Å². The summed E-state index contributed by atoms with van der Waals surface area (Å²) in [5.41, 5.74) is 2.45. The second-order valence-electron chi connectivity index (χ2n) is 7.50. The lowest BCUT2D eigenvalue weighted by molar-refractivity contribution is -0.143. The Morgan fingerprint density at radius 1 is 0.800 bits per heavy atom. The van der Waals surface area contributed by atoms with Crippen LogP contribution in [0.15, 0.2) is 84.9 Å². The fourth-order valence-electron chi connectivity index (χ4n) is 4.20. The van der Waals surface area contributed by atoms with Crippen LogP contribution in [-0.4, -0.2) is 27.9 Å². The van der Waals surface area contributed by atoms with Crippen LogP contribution < -0.4 is 5.06 Å². The number of anilines is 1. The first-order valence-electron chi connectivity index (χ1n) is 9.82. The number of carbonyl (C=O) groups excluding carboxylic acids is 2. The summed E-state index contributed by atoms with van der Waals surface area (Å²) in [6.45, 7) is 0.225. The molecule has 0 aliphatic carbocycles. The highest BCUT2D eigenvalue weighted by atomic mass is 16.7. The molecule has 3 atom stereocenters. The lowest BCUT2D eigenvalue weighted by atomic mass is 9.90. The number of phenolic OH excluding ortho intramolecular Hbond substituents is 1. The van der Waals surface area contributed by atoms with Crippen LogP contribution >= 0.6 is 0 Å². The van der Waals surface area contributed by atoms with E-state index in [4.69, 9.17) is 4.84 Å². The number of benzene rings is 3. The lowest BCUT2D eigenvalue weighted by Gasteiger charge is -2.28. The number of phenols is 1. The number of aromatic hydroxyl groups is 1. The highest BCUT2D eigenvalue weighted by molar-refractivity contribution is 6.07. The average Bonchev–Trinajstić information content (AvgIpc) is 3.28. The Balaban J connectivity index is 1.52. The second-order valence-corrected chi connectivity index (χ2v) is 7.50. The van der Waals surface area contributed by atoms with Crippen LogP contribution in [0.4, 0.5) is 5.69 Å². The number of fused-ring (bicyclic) bond motifs is 1. The molecule has 30 heavy (non-hydrogen) atoms. The zero-order chi connectivity index (χ0) is 20.7. The molecule has 2 heterocycles. The van der Waals surface area contributed by atoms with Gasteiger partial charge in [-0.05, 0) is 35.4 Å². The number of carbonyl (C=O) groups is 2. The smallest absolute Gasteiger partial charge is 0.262 e. The average molecular weight is 400 g/mol. The molecule has 0 radical (unpaired) electrons. The van der Waals surface area contributed by atoms with Crippen LogP contribution in [0.2, 0.25) is 0 Å². The number of imide groups is 1. The van der Waals surface area contributed by atoms with Crippen molar-refractivity contribution in [1.29, 1.82) is 0 Å². The first-order chi connectivity index (χ1) is 14.6. The minimum absolute atomic E-state index is 0.139. The summed E-state index contributed by atoms with van der Waals surface area (Å²) in [6.07, 6.45) is -0.875. The van der Waals surface area contributed by atoms with Gasteiger partial charge in [0.25, 0.3) is 5.91 Å². The molecule has 0 aromatic heterocycles. The van der Waals surface area contributed by atoms with Gasteiger partial charge in [-0.25, -0.2) is 5.06 Å². The summed E-state index contributed by atoms with van der Waals surface area (Å²) in [6, 6.07) is 25.1. The molecule has 0 spiro atoms. The molecule has 5 rings (SSSR count). The molecule has 3 aromatic carbocycles. The lowest BCUT2D eigenvalue weighted by Crippen LogP contribution is -2.36. The van der Waals surface area contributed by atoms with Crippen molar-refractivity contribution in [3.05, 3.63) is 96.1 Å². The molecule has 0 unspecified atom stereocenters. The van der Waals surface area contributed by atoms with Gasteiger partial charge in [-0.1, -0.05) is 60.7 Å². The largest absolute Gasteiger partial charge is 0.508 e. The Labute approximate surface area is 173 Å². The third kappa shape index (κ3) is 3.02. The molecule has 2 saturated heterocycles. The molecule has 2 aliphatic heterocycles. The van der Waals surface area contributed by atoms with Gasteiger partial charge >= 0.3 is 0 Å². The normalized spacial score (nSPS) is 23.1.